The number of carboxylic acid groups (broad SMARTS) is 2. The van der Waals surface area contributed by atoms with E-state index in [9.17, 15) is 19.8 Å². The first-order chi connectivity index (χ1) is 11.5. The molecule has 1 heterocycles. The summed E-state index contributed by atoms with van der Waals surface area (Å²) in [6, 6.07) is 9.72. The summed E-state index contributed by atoms with van der Waals surface area (Å²) in [6.07, 6.45) is 3.57. The van der Waals surface area contributed by atoms with Crippen molar-refractivity contribution in [3.05, 3.63) is 47.7 Å². The zero-order valence-electron chi connectivity index (χ0n) is 15.5. The summed E-state index contributed by atoms with van der Waals surface area (Å²) in [5.74, 6) is -2.39. The number of hydrogen-bond acceptors (Lipinski definition) is 2. The van der Waals surface area contributed by atoms with E-state index in [1.54, 1.807) is 0 Å². The molecule has 0 unspecified atom stereocenters. The van der Waals surface area contributed by atoms with Crippen LogP contribution in [0.3, 0.4) is 0 Å². The van der Waals surface area contributed by atoms with Crippen molar-refractivity contribution in [3.63, 3.8) is 0 Å². The van der Waals surface area contributed by atoms with E-state index in [1.807, 2.05) is 30.3 Å². The molecular formula is C20H28NO4+. The molecule has 0 aliphatic carbocycles. The number of quaternary nitrogens is 1. The average Bonchev–Trinajstić information content (AvgIpc) is 2.49. The molecule has 1 saturated heterocycles. The molecule has 0 bridgehead atoms. The van der Waals surface area contributed by atoms with Crippen molar-refractivity contribution in [1.29, 1.82) is 0 Å². The molecule has 1 aliphatic heterocycles. The topological polar surface area (TPSA) is 74.6 Å². The summed E-state index contributed by atoms with van der Waals surface area (Å²) in [5, 5.41) is 19.3. The fourth-order valence-corrected chi connectivity index (χ4v) is 4.63. The van der Waals surface area contributed by atoms with Gasteiger partial charge in [-0.05, 0) is 34.1 Å². The van der Waals surface area contributed by atoms with E-state index < -0.39 is 23.0 Å². The van der Waals surface area contributed by atoms with Gasteiger partial charge in [0.05, 0.1) is 17.2 Å². The van der Waals surface area contributed by atoms with Gasteiger partial charge < -0.3 is 10.2 Å². The van der Waals surface area contributed by atoms with Crippen LogP contribution in [0, 0.1) is 0 Å². The van der Waals surface area contributed by atoms with Gasteiger partial charge in [-0.15, -0.1) is 0 Å². The predicted molar refractivity (Wildman–Crippen MR) is 95.8 cm³/mol. The third-order valence-corrected chi connectivity index (χ3v) is 5.80. The highest BCUT2D eigenvalue weighted by molar-refractivity contribution is 5.93. The number of aliphatic carboxylic acids is 2. The molecule has 0 radical (unpaired) electrons. The largest absolute Gasteiger partial charge is 0.478 e. The smallest absolute Gasteiger partial charge is 0.390 e. The second kappa shape index (κ2) is 6.64. The third-order valence-electron chi connectivity index (χ3n) is 5.80. The summed E-state index contributed by atoms with van der Waals surface area (Å²) in [7, 11) is 0. The van der Waals surface area contributed by atoms with Crippen LogP contribution in [0.4, 0.5) is 0 Å². The first-order valence-electron chi connectivity index (χ1n) is 8.64. The number of nitrogens with zero attached hydrogens (tertiary/aromatic N) is 1. The zero-order valence-corrected chi connectivity index (χ0v) is 15.5. The summed E-state index contributed by atoms with van der Waals surface area (Å²) >= 11 is 0. The second-order valence-electron chi connectivity index (χ2n) is 8.10. The van der Waals surface area contributed by atoms with Gasteiger partial charge in [0, 0.05) is 18.4 Å². The molecule has 0 atom stereocenters. The van der Waals surface area contributed by atoms with Crippen LogP contribution in [0.1, 0.15) is 52.5 Å². The maximum absolute atomic E-state index is 12.2. The van der Waals surface area contributed by atoms with E-state index in [1.165, 1.54) is 0 Å². The van der Waals surface area contributed by atoms with Gasteiger partial charge in [0.2, 0.25) is 5.70 Å². The van der Waals surface area contributed by atoms with E-state index in [-0.39, 0.29) is 10.2 Å². The second-order valence-corrected chi connectivity index (χ2v) is 8.10. The van der Waals surface area contributed by atoms with Crippen molar-refractivity contribution in [3.8, 4) is 0 Å². The lowest BCUT2D eigenvalue weighted by Gasteiger charge is -2.61. The van der Waals surface area contributed by atoms with Gasteiger partial charge >= 0.3 is 11.9 Å². The number of carboxylic acids is 2. The highest BCUT2D eigenvalue weighted by atomic mass is 16.4. The molecule has 5 nitrogen and oxygen atoms in total. The molecule has 0 aromatic heterocycles. The lowest BCUT2D eigenvalue weighted by molar-refractivity contribution is -0.996. The lowest BCUT2D eigenvalue weighted by Crippen LogP contribution is -2.72. The van der Waals surface area contributed by atoms with Crippen LogP contribution in [0.2, 0.25) is 0 Å². The molecule has 0 saturated carbocycles. The van der Waals surface area contributed by atoms with Crippen molar-refractivity contribution in [1.82, 2.24) is 0 Å². The average molecular weight is 346 g/mol. The zero-order chi connectivity index (χ0) is 18.9. The Morgan fingerprint density at radius 2 is 1.56 bits per heavy atom. The van der Waals surface area contributed by atoms with Crippen molar-refractivity contribution < 1.29 is 24.3 Å². The van der Waals surface area contributed by atoms with Gasteiger partial charge in [-0.3, -0.25) is 4.48 Å². The Morgan fingerprint density at radius 3 is 2.00 bits per heavy atom. The van der Waals surface area contributed by atoms with E-state index in [2.05, 4.69) is 27.7 Å². The highest BCUT2D eigenvalue weighted by Gasteiger charge is 2.60. The lowest BCUT2D eigenvalue weighted by atomic mass is 9.74. The summed E-state index contributed by atoms with van der Waals surface area (Å²) in [4.78, 5) is 23.6. The SMILES string of the molecule is CC1(C)CCCC(C)(C)[N+]1(Cc1ccccc1)C(=CC(=O)O)C(=O)O. The molecule has 1 fully saturated rings. The molecule has 1 aromatic carbocycles. The van der Waals surface area contributed by atoms with E-state index in [4.69, 9.17) is 0 Å². The van der Waals surface area contributed by atoms with E-state index >= 15 is 0 Å². The minimum absolute atomic E-state index is 0.0500. The molecule has 0 amide bonds. The van der Waals surface area contributed by atoms with E-state index in [0.717, 1.165) is 30.9 Å². The molecule has 0 spiro atoms. The first-order valence-corrected chi connectivity index (χ1v) is 8.64. The maximum atomic E-state index is 12.2. The first kappa shape index (κ1) is 19.2. The molecular weight excluding hydrogens is 318 g/mol. The quantitative estimate of drug-likeness (QED) is 0.628. The molecule has 5 heteroatoms. The monoisotopic (exact) mass is 346 g/mol. The number of rotatable bonds is 5. The van der Waals surface area contributed by atoms with Crippen LogP contribution in [0.15, 0.2) is 42.1 Å². The molecule has 25 heavy (non-hydrogen) atoms. The summed E-state index contributed by atoms with van der Waals surface area (Å²) in [5.41, 5.74) is 0.142. The Labute approximate surface area is 149 Å². The van der Waals surface area contributed by atoms with Crippen LogP contribution in [0.25, 0.3) is 0 Å². The summed E-state index contributed by atoms with van der Waals surface area (Å²) < 4.78 is 0.117. The third kappa shape index (κ3) is 3.33. The molecule has 2 N–H and O–H groups in total. The van der Waals surface area contributed by atoms with Crippen LogP contribution in [-0.2, 0) is 16.1 Å². The van der Waals surface area contributed by atoms with Gasteiger partial charge in [0.1, 0.15) is 6.54 Å². The molecule has 136 valence electrons. The minimum atomic E-state index is -1.22. The van der Waals surface area contributed by atoms with Gasteiger partial charge in [-0.1, -0.05) is 30.3 Å². The van der Waals surface area contributed by atoms with Crippen LogP contribution in [0.5, 0.6) is 0 Å². The number of hydrogen-bond donors (Lipinski definition) is 2. The van der Waals surface area contributed by atoms with Gasteiger partial charge in [0.15, 0.2) is 0 Å². The van der Waals surface area contributed by atoms with Crippen LogP contribution < -0.4 is 0 Å². The number of likely N-dealkylation sites (tertiary alicyclic amines) is 1. The number of carbonyl (C=O) groups is 2. The minimum Gasteiger partial charge on any atom is -0.478 e. The van der Waals surface area contributed by atoms with Crippen molar-refractivity contribution >= 4 is 11.9 Å². The number of benzene rings is 1. The van der Waals surface area contributed by atoms with Crippen molar-refractivity contribution in [2.75, 3.05) is 0 Å². The molecule has 2 rings (SSSR count). The Kier molecular flexibility index (Phi) is 5.09. The van der Waals surface area contributed by atoms with Gasteiger partial charge in [0.25, 0.3) is 0 Å². The molecule has 1 aromatic rings. The highest BCUT2D eigenvalue weighted by Crippen LogP contribution is 2.50. The fraction of sp³-hybridized carbons (Fsp3) is 0.500. The van der Waals surface area contributed by atoms with Crippen LogP contribution >= 0.6 is 0 Å². The van der Waals surface area contributed by atoms with E-state index in [0.29, 0.717) is 6.54 Å². The maximum Gasteiger partial charge on any atom is 0.390 e. The van der Waals surface area contributed by atoms with Gasteiger partial charge in [-0.25, -0.2) is 9.59 Å². The Balaban J connectivity index is 2.77. The normalized spacial score (nSPS) is 21.5. The standard InChI is InChI=1S/C20H27NO4/c1-19(2)11-8-12-20(3,4)21(19,14-15-9-6-5-7-10-15)16(18(24)25)13-17(22)23/h5-7,9-10,13H,8,11-12,14H2,1-4H3,(H-,22,23,24,25)/p+1. The molecule has 1 aliphatic rings. The van der Waals surface area contributed by atoms with Gasteiger partial charge in [-0.2, -0.15) is 0 Å². The van der Waals surface area contributed by atoms with Crippen molar-refractivity contribution in [2.24, 2.45) is 0 Å². The predicted octanol–water partition coefficient (Wildman–Crippen LogP) is 3.80. The van der Waals surface area contributed by atoms with Crippen molar-refractivity contribution in [2.45, 2.75) is 64.6 Å². The fourth-order valence-electron chi connectivity index (χ4n) is 4.63. The summed E-state index contributed by atoms with van der Waals surface area (Å²) in [6.45, 7) is 8.65. The Bertz CT molecular complexity index is 673. The number of piperidine rings is 1. The van der Waals surface area contributed by atoms with Crippen LogP contribution in [-0.4, -0.2) is 37.7 Å². The Morgan fingerprint density at radius 1 is 1.04 bits per heavy atom. The Hall–Kier alpha value is -2.14.